The highest BCUT2D eigenvalue weighted by atomic mass is 16.2. The summed E-state index contributed by atoms with van der Waals surface area (Å²) in [5.74, 6) is 0. The molecule has 13 heavy (non-hydrogen) atoms. The Hall–Kier alpha value is -1.41. The lowest BCUT2D eigenvalue weighted by atomic mass is 10.2. The van der Waals surface area contributed by atoms with E-state index in [-0.39, 0.29) is 6.61 Å². The number of rotatable bonds is 2. The van der Waals surface area contributed by atoms with E-state index in [9.17, 15) is 0 Å². The molecule has 0 amide bonds. The van der Waals surface area contributed by atoms with E-state index >= 15 is 0 Å². The molecule has 0 aliphatic heterocycles. The van der Waals surface area contributed by atoms with Gasteiger partial charge in [0, 0.05) is 0 Å². The van der Waals surface area contributed by atoms with Crippen molar-refractivity contribution >= 4 is 12.4 Å². The molecule has 0 saturated carbocycles. The van der Waals surface area contributed by atoms with Gasteiger partial charge in [-0.1, -0.05) is 42.5 Å². The Balaban J connectivity index is 0.000000424. The molecule has 0 saturated heterocycles. The number of carbonyl (C=O) groups excluding carboxylic acids is 1. The number of hydrogen-bond acceptors (Lipinski definition) is 2. The summed E-state index contributed by atoms with van der Waals surface area (Å²) in [4.78, 5) is 8.81. The lowest BCUT2D eigenvalue weighted by Crippen LogP contribution is -1.72. The van der Waals surface area contributed by atoms with E-state index in [0.717, 1.165) is 11.8 Å². The minimum atomic E-state index is 0.106. The summed E-state index contributed by atoms with van der Waals surface area (Å²) < 4.78 is 0. The predicted molar refractivity (Wildman–Crippen MR) is 54.3 cm³/mol. The first-order valence-corrected chi connectivity index (χ1v) is 4.07. The van der Waals surface area contributed by atoms with Crippen LogP contribution in [0.25, 0.3) is 6.08 Å². The minimum Gasteiger partial charge on any atom is -0.392 e. The van der Waals surface area contributed by atoms with Crippen molar-refractivity contribution in [3.05, 3.63) is 42.0 Å². The fourth-order valence-electron chi connectivity index (χ4n) is 0.753. The molecule has 0 heterocycles. The fraction of sp³-hybridized carbons (Fsp3) is 0.182. The molecule has 1 rings (SSSR count). The predicted octanol–water partition coefficient (Wildman–Crippen LogP) is 1.90. The molecule has 0 fully saturated rings. The van der Waals surface area contributed by atoms with Crippen LogP contribution in [0.2, 0.25) is 0 Å². The minimum absolute atomic E-state index is 0.106. The van der Waals surface area contributed by atoms with Crippen molar-refractivity contribution in [2.24, 2.45) is 0 Å². The molecular formula is C11H14O2. The first-order valence-electron chi connectivity index (χ1n) is 4.07. The molecule has 1 N–H and O–H groups in total. The molecular weight excluding hydrogens is 164 g/mol. The summed E-state index contributed by atoms with van der Waals surface area (Å²) in [5, 5.41) is 8.44. The van der Waals surface area contributed by atoms with Crippen LogP contribution in [0, 0.1) is 0 Å². The largest absolute Gasteiger partial charge is 0.392 e. The molecule has 70 valence electrons. The lowest BCUT2D eigenvalue weighted by Gasteiger charge is -1.88. The van der Waals surface area contributed by atoms with Crippen LogP contribution < -0.4 is 0 Å². The van der Waals surface area contributed by atoms with Gasteiger partial charge in [0.1, 0.15) is 6.29 Å². The van der Waals surface area contributed by atoms with Gasteiger partial charge in [0.2, 0.25) is 0 Å². The maximum absolute atomic E-state index is 8.81. The van der Waals surface area contributed by atoms with Gasteiger partial charge in [-0.15, -0.1) is 0 Å². The molecule has 1 aromatic rings. The first kappa shape index (κ1) is 11.6. The first-order chi connectivity index (χ1) is 6.35. The van der Waals surface area contributed by atoms with Crippen LogP contribution in [-0.2, 0) is 4.79 Å². The van der Waals surface area contributed by atoms with E-state index in [1.807, 2.05) is 36.4 Å². The highest BCUT2D eigenvalue weighted by Gasteiger charge is 1.79. The van der Waals surface area contributed by atoms with Gasteiger partial charge < -0.3 is 9.90 Å². The molecule has 1 aromatic carbocycles. The summed E-state index contributed by atoms with van der Waals surface area (Å²) in [6, 6.07) is 9.89. The summed E-state index contributed by atoms with van der Waals surface area (Å²) in [6.07, 6.45) is 4.36. The van der Waals surface area contributed by atoms with Crippen LogP contribution in [0.15, 0.2) is 36.4 Å². The molecule has 0 bridgehead atoms. The second-order valence-electron chi connectivity index (χ2n) is 2.23. The van der Waals surface area contributed by atoms with Crippen molar-refractivity contribution < 1.29 is 9.90 Å². The van der Waals surface area contributed by atoms with Crippen LogP contribution in [-0.4, -0.2) is 18.0 Å². The molecule has 0 atom stereocenters. The van der Waals surface area contributed by atoms with Crippen LogP contribution in [0.1, 0.15) is 12.5 Å². The van der Waals surface area contributed by atoms with Crippen molar-refractivity contribution in [1.82, 2.24) is 0 Å². The van der Waals surface area contributed by atoms with E-state index in [0.29, 0.717) is 0 Å². The Kier molecular flexibility index (Phi) is 7.74. The molecule has 0 aliphatic carbocycles. The summed E-state index contributed by atoms with van der Waals surface area (Å²) >= 11 is 0. The van der Waals surface area contributed by atoms with Gasteiger partial charge >= 0.3 is 0 Å². The Morgan fingerprint density at radius 3 is 2.31 bits per heavy atom. The maximum Gasteiger partial charge on any atom is 0.116 e. The van der Waals surface area contributed by atoms with Crippen molar-refractivity contribution in [2.45, 2.75) is 6.92 Å². The highest BCUT2D eigenvalue weighted by Crippen LogP contribution is 1.99. The van der Waals surface area contributed by atoms with Crippen molar-refractivity contribution in [3.63, 3.8) is 0 Å². The SMILES string of the molecule is CC=O.OCC=Cc1ccccc1. The summed E-state index contributed by atoms with van der Waals surface area (Å²) in [7, 11) is 0. The monoisotopic (exact) mass is 178 g/mol. The van der Waals surface area contributed by atoms with Crippen molar-refractivity contribution in [3.8, 4) is 0 Å². The Bertz CT molecular complexity index is 240. The van der Waals surface area contributed by atoms with E-state index in [2.05, 4.69) is 0 Å². The second-order valence-corrected chi connectivity index (χ2v) is 2.23. The molecule has 2 nitrogen and oxygen atoms in total. The van der Waals surface area contributed by atoms with Gasteiger partial charge in [-0.2, -0.15) is 0 Å². The third kappa shape index (κ3) is 6.97. The third-order valence-electron chi connectivity index (χ3n) is 1.22. The number of aldehydes is 1. The molecule has 0 radical (unpaired) electrons. The quantitative estimate of drug-likeness (QED) is 0.702. The van der Waals surface area contributed by atoms with Gasteiger partial charge in [-0.25, -0.2) is 0 Å². The zero-order valence-electron chi connectivity index (χ0n) is 7.68. The molecule has 0 unspecified atom stereocenters. The lowest BCUT2D eigenvalue weighted by molar-refractivity contribution is -0.106. The summed E-state index contributed by atoms with van der Waals surface area (Å²) in [5.41, 5.74) is 1.12. The van der Waals surface area contributed by atoms with E-state index in [1.165, 1.54) is 6.92 Å². The number of carbonyl (C=O) groups is 1. The molecule has 0 aliphatic rings. The number of aliphatic hydroxyl groups is 1. The van der Waals surface area contributed by atoms with E-state index in [1.54, 1.807) is 6.08 Å². The highest BCUT2D eigenvalue weighted by molar-refractivity contribution is 5.48. The molecule has 0 spiro atoms. The average molecular weight is 178 g/mol. The number of aliphatic hydroxyl groups excluding tert-OH is 1. The van der Waals surface area contributed by atoms with Gasteiger partial charge in [0.15, 0.2) is 0 Å². The normalized spacial score (nSPS) is 9.08. The average Bonchev–Trinajstić information content (AvgIpc) is 2.18. The topological polar surface area (TPSA) is 37.3 Å². The Labute approximate surface area is 78.5 Å². The second kappa shape index (κ2) is 8.68. The van der Waals surface area contributed by atoms with Gasteiger partial charge in [0.05, 0.1) is 6.61 Å². The van der Waals surface area contributed by atoms with Crippen molar-refractivity contribution in [1.29, 1.82) is 0 Å². The Morgan fingerprint density at radius 1 is 1.31 bits per heavy atom. The fourth-order valence-corrected chi connectivity index (χ4v) is 0.753. The van der Waals surface area contributed by atoms with Crippen LogP contribution >= 0.6 is 0 Å². The third-order valence-corrected chi connectivity index (χ3v) is 1.22. The maximum atomic E-state index is 8.81. The van der Waals surface area contributed by atoms with Crippen LogP contribution in [0.3, 0.4) is 0 Å². The van der Waals surface area contributed by atoms with Crippen LogP contribution in [0.4, 0.5) is 0 Å². The number of hydrogen-bond donors (Lipinski definition) is 1. The van der Waals surface area contributed by atoms with Crippen molar-refractivity contribution in [2.75, 3.05) is 6.61 Å². The molecule has 2 heteroatoms. The van der Waals surface area contributed by atoms with Gasteiger partial charge in [0.25, 0.3) is 0 Å². The zero-order chi connectivity index (χ0) is 9.94. The van der Waals surface area contributed by atoms with Crippen LogP contribution in [0.5, 0.6) is 0 Å². The van der Waals surface area contributed by atoms with E-state index in [4.69, 9.17) is 9.90 Å². The van der Waals surface area contributed by atoms with E-state index < -0.39 is 0 Å². The molecule has 0 aromatic heterocycles. The van der Waals surface area contributed by atoms with Gasteiger partial charge in [-0.05, 0) is 12.5 Å². The number of benzene rings is 1. The Morgan fingerprint density at radius 2 is 1.85 bits per heavy atom. The van der Waals surface area contributed by atoms with Gasteiger partial charge in [-0.3, -0.25) is 0 Å². The standard InChI is InChI=1S/C9H10O.C2H4O/c10-8-4-7-9-5-2-1-3-6-9;1-2-3/h1-7,10H,8H2;2H,1H3. The smallest absolute Gasteiger partial charge is 0.116 e. The summed E-state index contributed by atoms with van der Waals surface area (Å²) in [6.45, 7) is 1.55. The zero-order valence-corrected chi connectivity index (χ0v) is 7.68.